The van der Waals surface area contributed by atoms with Crippen molar-refractivity contribution in [1.29, 1.82) is 0 Å². The van der Waals surface area contributed by atoms with Gasteiger partial charge in [-0.15, -0.1) is 10.2 Å². The lowest BCUT2D eigenvalue weighted by molar-refractivity contribution is 0.102. The Kier molecular flexibility index (Phi) is 4.25. The molecule has 23 heavy (non-hydrogen) atoms. The van der Waals surface area contributed by atoms with Gasteiger partial charge in [0, 0.05) is 16.1 Å². The third kappa shape index (κ3) is 2.90. The van der Waals surface area contributed by atoms with Crippen LogP contribution in [-0.2, 0) is 0 Å². The van der Waals surface area contributed by atoms with Crippen molar-refractivity contribution in [3.05, 3.63) is 44.6 Å². The SMILES string of the molecule is Cc1ccc(NC(=O)c2sc3nnc(C(C)C)n3c2C)c(Br)c1. The number of halogens is 1. The highest BCUT2D eigenvalue weighted by Gasteiger charge is 2.21. The van der Waals surface area contributed by atoms with E-state index in [0.717, 1.165) is 32.2 Å². The number of nitrogens with zero attached hydrogens (tertiary/aromatic N) is 3. The van der Waals surface area contributed by atoms with Crippen LogP contribution in [-0.4, -0.2) is 20.5 Å². The zero-order valence-corrected chi connectivity index (χ0v) is 15.7. The Morgan fingerprint density at radius 2 is 2.04 bits per heavy atom. The molecule has 0 saturated carbocycles. The molecular formula is C16H17BrN4OS. The molecule has 2 heterocycles. The van der Waals surface area contributed by atoms with Gasteiger partial charge in [0.15, 0.2) is 0 Å². The van der Waals surface area contributed by atoms with Gasteiger partial charge in [-0.1, -0.05) is 31.3 Å². The molecule has 0 bridgehead atoms. The van der Waals surface area contributed by atoms with Gasteiger partial charge in [-0.2, -0.15) is 0 Å². The van der Waals surface area contributed by atoms with Gasteiger partial charge in [-0.3, -0.25) is 9.20 Å². The van der Waals surface area contributed by atoms with Crippen LogP contribution < -0.4 is 5.32 Å². The van der Waals surface area contributed by atoms with E-state index in [4.69, 9.17) is 0 Å². The van der Waals surface area contributed by atoms with Crippen LogP contribution in [0.15, 0.2) is 22.7 Å². The molecule has 0 aliphatic rings. The highest BCUT2D eigenvalue weighted by molar-refractivity contribution is 9.10. The summed E-state index contributed by atoms with van der Waals surface area (Å²) in [5, 5.41) is 11.3. The quantitative estimate of drug-likeness (QED) is 0.711. The first-order valence-corrected chi connectivity index (χ1v) is 8.91. The lowest BCUT2D eigenvalue weighted by Gasteiger charge is -2.08. The van der Waals surface area contributed by atoms with E-state index in [1.54, 1.807) is 0 Å². The summed E-state index contributed by atoms with van der Waals surface area (Å²) in [5.74, 6) is 1.00. The van der Waals surface area contributed by atoms with Crippen molar-refractivity contribution >= 4 is 43.8 Å². The molecular weight excluding hydrogens is 376 g/mol. The number of aryl methyl sites for hydroxylation is 2. The Morgan fingerprint density at radius 1 is 1.30 bits per heavy atom. The molecule has 1 N–H and O–H groups in total. The van der Waals surface area contributed by atoms with Gasteiger partial charge in [0.1, 0.15) is 10.7 Å². The van der Waals surface area contributed by atoms with Crippen molar-refractivity contribution in [3.8, 4) is 0 Å². The summed E-state index contributed by atoms with van der Waals surface area (Å²) in [4.78, 5) is 14.0. The monoisotopic (exact) mass is 392 g/mol. The summed E-state index contributed by atoms with van der Waals surface area (Å²) in [5.41, 5.74) is 2.76. The zero-order valence-electron chi connectivity index (χ0n) is 13.3. The Balaban J connectivity index is 1.96. The minimum absolute atomic E-state index is 0.128. The summed E-state index contributed by atoms with van der Waals surface area (Å²) in [6, 6.07) is 5.84. The molecule has 3 aromatic rings. The average molecular weight is 393 g/mol. The number of fused-ring (bicyclic) bond motifs is 1. The Bertz CT molecular complexity index is 897. The van der Waals surface area contributed by atoms with Gasteiger partial charge in [-0.05, 0) is 47.5 Å². The number of amides is 1. The van der Waals surface area contributed by atoms with E-state index >= 15 is 0 Å². The van der Waals surface area contributed by atoms with Crippen molar-refractivity contribution < 1.29 is 4.79 Å². The predicted molar refractivity (Wildman–Crippen MR) is 96.5 cm³/mol. The Hall–Kier alpha value is -1.73. The molecule has 0 aliphatic heterocycles. The van der Waals surface area contributed by atoms with Gasteiger partial charge in [0.05, 0.1) is 5.69 Å². The molecule has 1 amide bonds. The fourth-order valence-electron chi connectivity index (χ4n) is 2.41. The second-order valence-corrected chi connectivity index (χ2v) is 7.62. The molecule has 0 spiro atoms. The van der Waals surface area contributed by atoms with Crippen LogP contribution in [0.3, 0.4) is 0 Å². The van der Waals surface area contributed by atoms with Crippen LogP contribution in [0.25, 0.3) is 4.96 Å². The summed E-state index contributed by atoms with van der Waals surface area (Å²) in [6.07, 6.45) is 0. The molecule has 0 atom stereocenters. The van der Waals surface area contributed by atoms with Crippen LogP contribution in [0.2, 0.25) is 0 Å². The summed E-state index contributed by atoms with van der Waals surface area (Å²) in [6.45, 7) is 8.07. The molecule has 0 radical (unpaired) electrons. The maximum Gasteiger partial charge on any atom is 0.267 e. The van der Waals surface area contributed by atoms with Crippen LogP contribution >= 0.6 is 27.3 Å². The van der Waals surface area contributed by atoms with Crippen molar-refractivity contribution in [2.24, 2.45) is 0 Å². The second-order valence-electron chi connectivity index (χ2n) is 5.78. The van der Waals surface area contributed by atoms with Crippen molar-refractivity contribution in [1.82, 2.24) is 14.6 Å². The van der Waals surface area contributed by atoms with Gasteiger partial charge in [0.25, 0.3) is 5.91 Å². The van der Waals surface area contributed by atoms with E-state index in [-0.39, 0.29) is 11.8 Å². The summed E-state index contributed by atoms with van der Waals surface area (Å²) in [7, 11) is 0. The van der Waals surface area contributed by atoms with E-state index in [0.29, 0.717) is 4.88 Å². The lowest BCUT2D eigenvalue weighted by Crippen LogP contribution is -2.13. The summed E-state index contributed by atoms with van der Waals surface area (Å²) < 4.78 is 2.84. The van der Waals surface area contributed by atoms with Gasteiger partial charge in [0.2, 0.25) is 4.96 Å². The van der Waals surface area contributed by atoms with Crippen molar-refractivity contribution in [3.63, 3.8) is 0 Å². The molecule has 0 aliphatic carbocycles. The minimum Gasteiger partial charge on any atom is -0.320 e. The van der Waals surface area contributed by atoms with E-state index in [1.807, 2.05) is 36.4 Å². The number of hydrogen-bond acceptors (Lipinski definition) is 4. The number of carbonyl (C=O) groups excluding carboxylic acids is 1. The van der Waals surface area contributed by atoms with Gasteiger partial charge >= 0.3 is 0 Å². The number of anilines is 1. The molecule has 120 valence electrons. The maximum atomic E-state index is 12.6. The first-order valence-electron chi connectivity index (χ1n) is 7.30. The maximum absolute atomic E-state index is 12.6. The number of thiazole rings is 1. The number of rotatable bonds is 3. The van der Waals surface area contributed by atoms with E-state index in [2.05, 4.69) is 45.3 Å². The minimum atomic E-state index is -0.128. The predicted octanol–water partition coefficient (Wildman–Crippen LogP) is 4.55. The average Bonchev–Trinajstić information content (AvgIpc) is 3.03. The lowest BCUT2D eigenvalue weighted by atomic mass is 10.2. The standard InChI is InChI=1S/C16H17BrN4OS/c1-8(2)14-19-20-16-21(14)10(4)13(23-16)15(22)18-12-6-5-9(3)7-11(12)17/h5-8H,1-4H3,(H,18,22). The third-order valence-electron chi connectivity index (χ3n) is 3.61. The first kappa shape index (κ1) is 16.1. The van der Waals surface area contributed by atoms with Gasteiger partial charge in [-0.25, -0.2) is 0 Å². The van der Waals surface area contributed by atoms with Crippen LogP contribution in [0.4, 0.5) is 5.69 Å². The molecule has 3 rings (SSSR count). The number of nitrogens with one attached hydrogen (secondary N) is 1. The number of benzene rings is 1. The Morgan fingerprint density at radius 3 is 2.70 bits per heavy atom. The largest absolute Gasteiger partial charge is 0.320 e. The molecule has 7 heteroatoms. The highest BCUT2D eigenvalue weighted by Crippen LogP contribution is 2.28. The molecule has 2 aromatic heterocycles. The third-order valence-corrected chi connectivity index (χ3v) is 5.40. The number of aromatic nitrogens is 3. The van der Waals surface area contributed by atoms with Crippen molar-refractivity contribution in [2.45, 2.75) is 33.6 Å². The normalized spacial score (nSPS) is 11.4. The fraction of sp³-hybridized carbons (Fsp3) is 0.312. The van der Waals surface area contributed by atoms with Crippen molar-refractivity contribution in [2.75, 3.05) is 5.32 Å². The zero-order chi connectivity index (χ0) is 16.7. The fourth-order valence-corrected chi connectivity index (χ4v) is 3.98. The van der Waals surface area contributed by atoms with Crippen LogP contribution in [0.1, 0.15) is 46.5 Å². The number of carbonyl (C=O) groups is 1. The molecule has 0 saturated heterocycles. The van der Waals surface area contributed by atoms with Gasteiger partial charge < -0.3 is 5.32 Å². The van der Waals surface area contributed by atoms with Crippen LogP contribution in [0.5, 0.6) is 0 Å². The number of hydrogen-bond donors (Lipinski definition) is 1. The molecule has 5 nitrogen and oxygen atoms in total. The second kappa shape index (κ2) is 6.05. The van der Waals surface area contributed by atoms with E-state index < -0.39 is 0 Å². The van der Waals surface area contributed by atoms with E-state index in [9.17, 15) is 4.79 Å². The Labute approximate surface area is 146 Å². The topological polar surface area (TPSA) is 59.3 Å². The smallest absolute Gasteiger partial charge is 0.267 e. The molecule has 1 aromatic carbocycles. The first-order chi connectivity index (χ1) is 10.9. The van der Waals surface area contributed by atoms with Crippen LogP contribution in [0, 0.1) is 13.8 Å². The summed E-state index contributed by atoms with van der Waals surface area (Å²) >= 11 is 4.85. The molecule has 0 unspecified atom stereocenters. The highest BCUT2D eigenvalue weighted by atomic mass is 79.9. The van der Waals surface area contributed by atoms with E-state index in [1.165, 1.54) is 11.3 Å². The molecule has 0 fully saturated rings.